The zero-order valence-corrected chi connectivity index (χ0v) is 7.84. The molecule has 1 unspecified atom stereocenters. The summed E-state index contributed by atoms with van der Waals surface area (Å²) in [6, 6.07) is 2.07. The lowest BCUT2D eigenvalue weighted by Crippen LogP contribution is -2.44. The zero-order chi connectivity index (χ0) is 9.68. The Hall–Kier alpha value is -1.08. The van der Waals surface area contributed by atoms with Crippen molar-refractivity contribution in [2.45, 2.75) is 13.3 Å². The molecule has 1 aliphatic rings. The number of hydrogen-bond acceptors (Lipinski definition) is 3. The topological polar surface area (TPSA) is 64.9 Å². The van der Waals surface area contributed by atoms with Crippen molar-refractivity contribution in [3.05, 3.63) is 0 Å². The Morgan fingerprint density at radius 3 is 2.92 bits per heavy atom. The third kappa shape index (κ3) is 3.43. The van der Waals surface area contributed by atoms with Crippen LogP contribution in [-0.4, -0.2) is 25.5 Å². The maximum absolute atomic E-state index is 11.2. The van der Waals surface area contributed by atoms with Crippen LogP contribution in [-0.2, 0) is 4.79 Å². The van der Waals surface area contributed by atoms with Gasteiger partial charge in [-0.2, -0.15) is 5.26 Å². The molecule has 4 heteroatoms. The number of amides is 1. The Morgan fingerprint density at radius 2 is 2.46 bits per heavy atom. The van der Waals surface area contributed by atoms with Crippen LogP contribution in [0.25, 0.3) is 0 Å². The van der Waals surface area contributed by atoms with Crippen LogP contribution in [0.1, 0.15) is 13.3 Å². The standard InChI is InChI=1S/C9H15N3O/c1-7(3-10)4-12-9(13)2-8-5-11-6-8/h7-8,11H,2,4-6H2,1H3,(H,12,13). The molecule has 4 nitrogen and oxygen atoms in total. The van der Waals surface area contributed by atoms with E-state index < -0.39 is 0 Å². The minimum Gasteiger partial charge on any atom is -0.355 e. The summed E-state index contributed by atoms with van der Waals surface area (Å²) in [6.45, 7) is 4.16. The molecule has 0 spiro atoms. The van der Waals surface area contributed by atoms with Crippen LogP contribution >= 0.6 is 0 Å². The van der Waals surface area contributed by atoms with Gasteiger partial charge in [-0.25, -0.2) is 0 Å². The zero-order valence-electron chi connectivity index (χ0n) is 7.84. The van der Waals surface area contributed by atoms with Gasteiger partial charge in [-0.3, -0.25) is 4.79 Å². The second-order valence-corrected chi connectivity index (χ2v) is 3.56. The largest absolute Gasteiger partial charge is 0.355 e. The molecule has 0 aromatic carbocycles. The lowest BCUT2D eigenvalue weighted by Gasteiger charge is -2.26. The van der Waals surface area contributed by atoms with Gasteiger partial charge in [0.05, 0.1) is 12.0 Å². The van der Waals surface area contributed by atoms with Gasteiger partial charge in [-0.1, -0.05) is 0 Å². The lowest BCUT2D eigenvalue weighted by molar-refractivity contribution is -0.122. The highest BCUT2D eigenvalue weighted by Crippen LogP contribution is 2.07. The van der Waals surface area contributed by atoms with Gasteiger partial charge >= 0.3 is 0 Å². The third-order valence-corrected chi connectivity index (χ3v) is 2.17. The molecule has 0 radical (unpaired) electrons. The summed E-state index contributed by atoms with van der Waals surface area (Å²) >= 11 is 0. The first-order chi connectivity index (χ1) is 6.22. The van der Waals surface area contributed by atoms with Crippen molar-refractivity contribution in [1.82, 2.24) is 10.6 Å². The maximum atomic E-state index is 11.2. The van der Waals surface area contributed by atoms with Crippen molar-refractivity contribution in [2.24, 2.45) is 11.8 Å². The smallest absolute Gasteiger partial charge is 0.220 e. The fraction of sp³-hybridized carbons (Fsp3) is 0.778. The highest BCUT2D eigenvalue weighted by atomic mass is 16.1. The normalized spacial score (nSPS) is 18.5. The van der Waals surface area contributed by atoms with E-state index >= 15 is 0 Å². The minimum absolute atomic E-state index is 0.0635. The summed E-state index contributed by atoms with van der Waals surface area (Å²) < 4.78 is 0. The molecule has 1 fully saturated rings. The molecule has 13 heavy (non-hydrogen) atoms. The van der Waals surface area contributed by atoms with E-state index in [0.29, 0.717) is 18.9 Å². The van der Waals surface area contributed by atoms with Crippen LogP contribution < -0.4 is 10.6 Å². The first kappa shape index (κ1) is 10.0. The Labute approximate surface area is 78.3 Å². The fourth-order valence-corrected chi connectivity index (χ4v) is 1.14. The summed E-state index contributed by atoms with van der Waals surface area (Å²) in [5.41, 5.74) is 0. The molecular weight excluding hydrogens is 166 g/mol. The van der Waals surface area contributed by atoms with Crippen molar-refractivity contribution >= 4 is 5.91 Å². The molecule has 1 rings (SSSR count). The van der Waals surface area contributed by atoms with Crippen molar-refractivity contribution < 1.29 is 4.79 Å². The number of rotatable bonds is 4. The average Bonchev–Trinajstić information content (AvgIpc) is 2.07. The molecule has 1 saturated heterocycles. The Morgan fingerprint density at radius 1 is 1.77 bits per heavy atom. The first-order valence-electron chi connectivity index (χ1n) is 4.59. The van der Waals surface area contributed by atoms with Crippen molar-refractivity contribution in [3.8, 4) is 6.07 Å². The van der Waals surface area contributed by atoms with E-state index in [1.54, 1.807) is 6.92 Å². The molecule has 0 aromatic rings. The number of hydrogen-bond donors (Lipinski definition) is 2. The molecule has 0 aromatic heterocycles. The number of carbonyl (C=O) groups excluding carboxylic acids is 1. The number of nitrogens with one attached hydrogen (secondary N) is 2. The van der Waals surface area contributed by atoms with Crippen molar-refractivity contribution in [2.75, 3.05) is 19.6 Å². The van der Waals surface area contributed by atoms with E-state index in [2.05, 4.69) is 16.7 Å². The number of nitrogens with zero attached hydrogens (tertiary/aromatic N) is 1. The van der Waals surface area contributed by atoms with Crippen LogP contribution in [0.2, 0.25) is 0 Å². The molecule has 1 atom stereocenters. The second-order valence-electron chi connectivity index (χ2n) is 3.56. The molecule has 72 valence electrons. The van der Waals surface area contributed by atoms with E-state index in [9.17, 15) is 4.79 Å². The van der Waals surface area contributed by atoms with Gasteiger partial charge in [0.25, 0.3) is 0 Å². The van der Waals surface area contributed by atoms with E-state index in [0.717, 1.165) is 13.1 Å². The summed E-state index contributed by atoms with van der Waals surface area (Å²) in [4.78, 5) is 11.2. The predicted octanol–water partition coefficient (Wildman–Crippen LogP) is -0.128. The molecule has 0 saturated carbocycles. The van der Waals surface area contributed by atoms with Gasteiger partial charge in [0.15, 0.2) is 0 Å². The average molecular weight is 181 g/mol. The fourth-order valence-electron chi connectivity index (χ4n) is 1.14. The van der Waals surface area contributed by atoms with E-state index in [-0.39, 0.29) is 11.8 Å². The maximum Gasteiger partial charge on any atom is 0.220 e. The van der Waals surface area contributed by atoms with Gasteiger partial charge in [-0.05, 0) is 25.9 Å². The van der Waals surface area contributed by atoms with Crippen molar-refractivity contribution in [1.29, 1.82) is 5.26 Å². The van der Waals surface area contributed by atoms with Gasteiger partial charge < -0.3 is 10.6 Å². The molecular formula is C9H15N3O. The molecule has 0 bridgehead atoms. The van der Waals surface area contributed by atoms with Crippen LogP contribution in [0.3, 0.4) is 0 Å². The Balaban J connectivity index is 2.07. The third-order valence-electron chi connectivity index (χ3n) is 2.17. The van der Waals surface area contributed by atoms with E-state index in [4.69, 9.17) is 5.26 Å². The van der Waals surface area contributed by atoms with Gasteiger partial charge in [0, 0.05) is 13.0 Å². The minimum atomic E-state index is -0.0940. The van der Waals surface area contributed by atoms with Gasteiger partial charge in [0.2, 0.25) is 5.91 Å². The molecule has 0 aliphatic carbocycles. The summed E-state index contributed by atoms with van der Waals surface area (Å²) in [5.74, 6) is 0.467. The summed E-state index contributed by atoms with van der Waals surface area (Å²) in [7, 11) is 0. The Bertz CT molecular complexity index is 217. The SMILES string of the molecule is CC(C#N)CNC(=O)CC1CNC1. The number of carbonyl (C=O) groups is 1. The van der Waals surface area contributed by atoms with Crippen LogP contribution in [0, 0.1) is 23.2 Å². The van der Waals surface area contributed by atoms with E-state index in [1.165, 1.54) is 0 Å². The van der Waals surface area contributed by atoms with Gasteiger partial charge in [0.1, 0.15) is 0 Å². The van der Waals surface area contributed by atoms with Crippen LogP contribution in [0.15, 0.2) is 0 Å². The molecule has 1 aliphatic heterocycles. The second kappa shape index (κ2) is 4.83. The Kier molecular flexibility index (Phi) is 3.71. The quantitative estimate of drug-likeness (QED) is 0.635. The van der Waals surface area contributed by atoms with Crippen LogP contribution in [0.5, 0.6) is 0 Å². The molecule has 1 heterocycles. The van der Waals surface area contributed by atoms with E-state index in [1.807, 2.05) is 0 Å². The molecule has 2 N–H and O–H groups in total. The molecule has 1 amide bonds. The highest BCUT2D eigenvalue weighted by molar-refractivity contribution is 5.76. The first-order valence-corrected chi connectivity index (χ1v) is 4.59. The van der Waals surface area contributed by atoms with Crippen LogP contribution in [0.4, 0.5) is 0 Å². The monoisotopic (exact) mass is 181 g/mol. The summed E-state index contributed by atoms with van der Waals surface area (Å²) in [5, 5.41) is 14.3. The van der Waals surface area contributed by atoms with Gasteiger partial charge in [-0.15, -0.1) is 0 Å². The highest BCUT2D eigenvalue weighted by Gasteiger charge is 2.19. The lowest BCUT2D eigenvalue weighted by atomic mass is 9.99. The van der Waals surface area contributed by atoms with Crippen molar-refractivity contribution in [3.63, 3.8) is 0 Å². The predicted molar refractivity (Wildman–Crippen MR) is 48.8 cm³/mol. The number of nitriles is 1. The summed E-state index contributed by atoms with van der Waals surface area (Å²) in [6.07, 6.45) is 0.588.